The smallest absolute Gasteiger partial charge is 0.302 e. The summed E-state index contributed by atoms with van der Waals surface area (Å²) in [7, 11) is 0. The van der Waals surface area contributed by atoms with Gasteiger partial charge in [0, 0.05) is 18.1 Å². The molecule has 1 fully saturated rings. The van der Waals surface area contributed by atoms with Crippen LogP contribution in [0.1, 0.15) is 26.2 Å². The van der Waals surface area contributed by atoms with Crippen LogP contribution >= 0.6 is 11.8 Å². The van der Waals surface area contributed by atoms with Gasteiger partial charge in [-0.3, -0.25) is 4.79 Å². The first kappa shape index (κ1) is 10.4. The highest BCUT2D eigenvalue weighted by molar-refractivity contribution is 8.03. The number of thioether (sulfide) groups is 1. The Morgan fingerprint density at radius 3 is 2.77 bits per heavy atom. The lowest BCUT2D eigenvalue weighted by molar-refractivity contribution is -0.146. The fourth-order valence-electron chi connectivity index (χ4n) is 1.45. The van der Waals surface area contributed by atoms with Crippen molar-refractivity contribution in [2.24, 2.45) is 5.41 Å². The van der Waals surface area contributed by atoms with Crippen molar-refractivity contribution >= 4 is 17.7 Å². The number of nitriles is 1. The minimum absolute atomic E-state index is 0.103. The highest BCUT2D eigenvalue weighted by Gasteiger charge is 2.38. The second-order valence-electron chi connectivity index (χ2n) is 3.51. The molecule has 0 bridgehead atoms. The van der Waals surface area contributed by atoms with Gasteiger partial charge in [-0.05, 0) is 24.6 Å². The summed E-state index contributed by atoms with van der Waals surface area (Å²) in [5.74, 6) is 0.560. The van der Waals surface area contributed by atoms with E-state index in [2.05, 4.69) is 5.40 Å². The van der Waals surface area contributed by atoms with Crippen molar-refractivity contribution in [3.8, 4) is 5.40 Å². The van der Waals surface area contributed by atoms with Crippen LogP contribution in [-0.2, 0) is 9.53 Å². The quantitative estimate of drug-likeness (QED) is 0.513. The van der Waals surface area contributed by atoms with Crippen molar-refractivity contribution in [2.75, 3.05) is 12.4 Å². The van der Waals surface area contributed by atoms with E-state index in [0.717, 1.165) is 18.6 Å². The molecule has 0 aromatic rings. The molecule has 3 nitrogen and oxygen atoms in total. The van der Waals surface area contributed by atoms with Gasteiger partial charge in [-0.2, -0.15) is 5.26 Å². The summed E-state index contributed by atoms with van der Waals surface area (Å²) in [4.78, 5) is 10.6. The molecule has 13 heavy (non-hydrogen) atoms. The van der Waals surface area contributed by atoms with Gasteiger partial charge in [0.25, 0.3) is 0 Å². The normalized spacial score (nSPS) is 18.5. The lowest BCUT2D eigenvalue weighted by atomic mass is 9.71. The van der Waals surface area contributed by atoms with Gasteiger partial charge in [0.15, 0.2) is 0 Å². The van der Waals surface area contributed by atoms with Crippen LogP contribution in [0, 0.1) is 16.1 Å². The maximum Gasteiger partial charge on any atom is 0.302 e. The van der Waals surface area contributed by atoms with E-state index in [1.165, 1.54) is 25.1 Å². The standard InChI is InChI=1S/C9H13NO2S/c1-8(11)12-5-9(3-2-4-9)6-13-7-10/h2-6H2,1H3. The summed E-state index contributed by atoms with van der Waals surface area (Å²) in [6, 6.07) is 0. The van der Waals surface area contributed by atoms with E-state index in [-0.39, 0.29) is 11.4 Å². The summed E-state index contributed by atoms with van der Waals surface area (Å²) in [5.41, 5.74) is 0.103. The number of hydrogen-bond acceptors (Lipinski definition) is 4. The lowest BCUT2D eigenvalue weighted by Crippen LogP contribution is -2.37. The minimum Gasteiger partial charge on any atom is -0.465 e. The molecular weight excluding hydrogens is 186 g/mol. The van der Waals surface area contributed by atoms with Gasteiger partial charge in [-0.1, -0.05) is 6.42 Å². The largest absolute Gasteiger partial charge is 0.465 e. The molecule has 72 valence electrons. The van der Waals surface area contributed by atoms with Crippen LogP contribution in [0.25, 0.3) is 0 Å². The molecule has 0 aliphatic heterocycles. The number of nitrogens with zero attached hydrogens (tertiary/aromatic N) is 1. The average Bonchev–Trinajstić information content (AvgIpc) is 2.02. The number of hydrogen-bond donors (Lipinski definition) is 0. The molecule has 1 saturated carbocycles. The Morgan fingerprint density at radius 1 is 1.69 bits per heavy atom. The van der Waals surface area contributed by atoms with E-state index in [9.17, 15) is 4.79 Å². The molecule has 1 aliphatic rings. The van der Waals surface area contributed by atoms with Crippen molar-refractivity contribution in [3.05, 3.63) is 0 Å². The summed E-state index contributed by atoms with van der Waals surface area (Å²) in [6.07, 6.45) is 3.34. The predicted octanol–water partition coefficient (Wildman–Crippen LogP) is 1.93. The molecule has 0 N–H and O–H groups in total. The summed E-state index contributed by atoms with van der Waals surface area (Å²) < 4.78 is 4.98. The zero-order valence-electron chi connectivity index (χ0n) is 7.71. The number of carbonyl (C=O) groups is 1. The maximum absolute atomic E-state index is 10.6. The number of carbonyl (C=O) groups excluding carboxylic acids is 1. The molecule has 0 amide bonds. The van der Waals surface area contributed by atoms with Gasteiger partial charge in [-0.15, -0.1) is 0 Å². The first-order valence-corrected chi connectivity index (χ1v) is 5.31. The van der Waals surface area contributed by atoms with Gasteiger partial charge in [-0.25, -0.2) is 0 Å². The van der Waals surface area contributed by atoms with E-state index in [0.29, 0.717) is 6.61 Å². The highest BCUT2D eigenvalue weighted by atomic mass is 32.2. The first-order chi connectivity index (χ1) is 6.18. The third-order valence-corrected chi connectivity index (χ3v) is 3.32. The molecule has 0 heterocycles. The van der Waals surface area contributed by atoms with Crippen LogP contribution in [0.15, 0.2) is 0 Å². The SMILES string of the molecule is CC(=O)OCC1(CSC#N)CCC1. The maximum atomic E-state index is 10.6. The molecular formula is C9H13NO2S. The van der Waals surface area contributed by atoms with Crippen LogP contribution in [-0.4, -0.2) is 18.3 Å². The molecule has 1 rings (SSSR count). The topological polar surface area (TPSA) is 50.1 Å². The minimum atomic E-state index is -0.228. The van der Waals surface area contributed by atoms with Crippen LogP contribution in [0.2, 0.25) is 0 Å². The number of thiocyanates is 1. The van der Waals surface area contributed by atoms with E-state index in [1.54, 1.807) is 0 Å². The molecule has 0 aromatic carbocycles. The Hall–Kier alpha value is -0.690. The fraction of sp³-hybridized carbons (Fsp3) is 0.778. The molecule has 0 unspecified atom stereocenters. The third-order valence-electron chi connectivity index (χ3n) is 2.44. The summed E-state index contributed by atoms with van der Waals surface area (Å²) >= 11 is 1.26. The Morgan fingerprint density at radius 2 is 2.38 bits per heavy atom. The third kappa shape index (κ3) is 2.92. The molecule has 0 atom stereocenters. The fourth-order valence-corrected chi connectivity index (χ4v) is 2.19. The van der Waals surface area contributed by atoms with Gasteiger partial charge in [0.1, 0.15) is 5.40 Å². The predicted molar refractivity (Wildman–Crippen MR) is 51.0 cm³/mol. The van der Waals surface area contributed by atoms with Crippen LogP contribution in [0.4, 0.5) is 0 Å². The van der Waals surface area contributed by atoms with Crippen molar-refractivity contribution in [1.82, 2.24) is 0 Å². The number of esters is 1. The monoisotopic (exact) mass is 199 g/mol. The zero-order chi connectivity index (χ0) is 9.73. The summed E-state index contributed by atoms with van der Waals surface area (Å²) in [5, 5.41) is 10.5. The molecule has 1 aliphatic carbocycles. The van der Waals surface area contributed by atoms with Crippen LogP contribution in [0.5, 0.6) is 0 Å². The van der Waals surface area contributed by atoms with Crippen LogP contribution < -0.4 is 0 Å². The Kier molecular flexibility index (Phi) is 3.61. The molecule has 0 spiro atoms. The van der Waals surface area contributed by atoms with Crippen molar-refractivity contribution in [2.45, 2.75) is 26.2 Å². The summed E-state index contributed by atoms with van der Waals surface area (Å²) in [6.45, 7) is 1.90. The van der Waals surface area contributed by atoms with Gasteiger partial charge in [0.05, 0.1) is 6.61 Å². The highest BCUT2D eigenvalue weighted by Crippen LogP contribution is 2.43. The van der Waals surface area contributed by atoms with Gasteiger partial charge >= 0.3 is 5.97 Å². The van der Waals surface area contributed by atoms with E-state index >= 15 is 0 Å². The van der Waals surface area contributed by atoms with Crippen molar-refractivity contribution in [1.29, 1.82) is 5.26 Å². The van der Waals surface area contributed by atoms with Crippen molar-refractivity contribution in [3.63, 3.8) is 0 Å². The second-order valence-corrected chi connectivity index (χ2v) is 4.27. The van der Waals surface area contributed by atoms with Gasteiger partial charge in [0.2, 0.25) is 0 Å². The average molecular weight is 199 g/mol. The number of ether oxygens (including phenoxy) is 1. The van der Waals surface area contributed by atoms with Crippen LogP contribution in [0.3, 0.4) is 0 Å². The molecule has 4 heteroatoms. The molecule has 0 radical (unpaired) electrons. The van der Waals surface area contributed by atoms with E-state index in [4.69, 9.17) is 10.00 Å². The first-order valence-electron chi connectivity index (χ1n) is 4.33. The molecule has 0 saturated heterocycles. The Balaban J connectivity index is 2.32. The second kappa shape index (κ2) is 4.52. The van der Waals surface area contributed by atoms with E-state index in [1.807, 2.05) is 0 Å². The Bertz CT molecular complexity index is 230. The Labute approximate surface area is 82.4 Å². The van der Waals surface area contributed by atoms with Crippen molar-refractivity contribution < 1.29 is 9.53 Å². The number of rotatable bonds is 4. The van der Waals surface area contributed by atoms with Gasteiger partial charge < -0.3 is 4.74 Å². The zero-order valence-corrected chi connectivity index (χ0v) is 8.52. The van der Waals surface area contributed by atoms with E-state index < -0.39 is 0 Å². The molecule has 0 aromatic heterocycles. The lowest BCUT2D eigenvalue weighted by Gasteiger charge is -2.40.